The van der Waals surface area contributed by atoms with Crippen molar-refractivity contribution in [1.82, 2.24) is 0 Å². The second-order valence-corrected chi connectivity index (χ2v) is 9.84. The number of aliphatic hydroxyl groups excluding tert-OH is 1. The lowest BCUT2D eigenvalue weighted by atomic mass is 9.44. The minimum absolute atomic E-state index is 0.0598. The molecule has 23 heavy (non-hydrogen) atoms. The number of fused-ring (bicyclic) bond motifs is 5. The van der Waals surface area contributed by atoms with E-state index in [1.807, 2.05) is 0 Å². The van der Waals surface area contributed by atoms with Gasteiger partial charge in [-0.2, -0.15) is 0 Å². The maximum absolute atomic E-state index is 12.2. The van der Waals surface area contributed by atoms with Crippen molar-refractivity contribution < 1.29 is 9.90 Å². The van der Waals surface area contributed by atoms with Crippen LogP contribution in [0.5, 0.6) is 0 Å². The van der Waals surface area contributed by atoms with E-state index in [1.54, 1.807) is 6.92 Å². The van der Waals surface area contributed by atoms with Crippen LogP contribution in [0.2, 0.25) is 0 Å². The van der Waals surface area contributed by atoms with E-state index in [1.165, 1.54) is 44.9 Å². The standard InChI is InChI=1S/C21H34O2/c1-13(22)16-9-10-17-15-8-7-14-6-4-5-11-20(14,2)19(15)18(23)12-21(16,17)3/h14-19,23H,4-12H2,1-3H3/t14-,15?,16?,17?,18?,19?,20?,21?/m1/s1. The number of hydrogen-bond acceptors (Lipinski definition) is 2. The maximum Gasteiger partial charge on any atom is 0.133 e. The highest BCUT2D eigenvalue weighted by molar-refractivity contribution is 5.79. The largest absolute Gasteiger partial charge is 0.393 e. The summed E-state index contributed by atoms with van der Waals surface area (Å²) in [6, 6.07) is 0. The first-order valence-corrected chi connectivity index (χ1v) is 10.1. The molecule has 1 N–H and O–H groups in total. The van der Waals surface area contributed by atoms with Crippen molar-refractivity contribution >= 4 is 5.78 Å². The lowest BCUT2D eigenvalue weighted by Crippen LogP contribution is -2.58. The highest BCUT2D eigenvalue weighted by atomic mass is 16.3. The van der Waals surface area contributed by atoms with E-state index in [0.29, 0.717) is 29.0 Å². The van der Waals surface area contributed by atoms with Crippen molar-refractivity contribution in [2.45, 2.75) is 84.7 Å². The van der Waals surface area contributed by atoms with Gasteiger partial charge in [-0.1, -0.05) is 26.7 Å². The Balaban J connectivity index is 1.69. The molecule has 0 heterocycles. The second kappa shape index (κ2) is 5.31. The number of carbonyl (C=O) groups is 1. The van der Waals surface area contributed by atoms with E-state index in [9.17, 15) is 9.90 Å². The molecule has 0 aromatic rings. The van der Waals surface area contributed by atoms with E-state index in [2.05, 4.69) is 13.8 Å². The third-order valence-electron chi connectivity index (χ3n) is 9.00. The molecule has 130 valence electrons. The predicted octanol–water partition coefficient (Wildman–Crippen LogP) is 4.60. The molecule has 0 aromatic heterocycles. The predicted molar refractivity (Wildman–Crippen MR) is 91.9 cm³/mol. The van der Waals surface area contributed by atoms with Crippen molar-refractivity contribution in [3.8, 4) is 0 Å². The fourth-order valence-corrected chi connectivity index (χ4v) is 8.09. The third-order valence-corrected chi connectivity index (χ3v) is 9.00. The summed E-state index contributed by atoms with van der Waals surface area (Å²) >= 11 is 0. The summed E-state index contributed by atoms with van der Waals surface area (Å²) in [6.45, 7) is 6.60. The fraction of sp³-hybridized carbons (Fsp3) is 0.952. The summed E-state index contributed by atoms with van der Waals surface area (Å²) in [6.07, 6.45) is 11.1. The fourth-order valence-electron chi connectivity index (χ4n) is 8.09. The van der Waals surface area contributed by atoms with Gasteiger partial charge in [0, 0.05) is 5.92 Å². The number of aliphatic hydroxyl groups is 1. The average molecular weight is 319 g/mol. The van der Waals surface area contributed by atoms with Gasteiger partial charge in [-0.05, 0) is 86.4 Å². The van der Waals surface area contributed by atoms with Crippen molar-refractivity contribution in [1.29, 1.82) is 0 Å². The summed E-state index contributed by atoms with van der Waals surface area (Å²) in [7, 11) is 0. The van der Waals surface area contributed by atoms with Gasteiger partial charge < -0.3 is 5.11 Å². The normalized spacial score (nSPS) is 55.7. The van der Waals surface area contributed by atoms with Crippen molar-refractivity contribution in [3.63, 3.8) is 0 Å². The maximum atomic E-state index is 12.2. The van der Waals surface area contributed by atoms with Crippen LogP contribution >= 0.6 is 0 Å². The lowest BCUT2D eigenvalue weighted by molar-refractivity contribution is -0.170. The number of rotatable bonds is 1. The highest BCUT2D eigenvalue weighted by Crippen LogP contribution is 2.67. The molecule has 4 rings (SSSR count). The van der Waals surface area contributed by atoms with Gasteiger partial charge >= 0.3 is 0 Å². The van der Waals surface area contributed by atoms with E-state index in [4.69, 9.17) is 0 Å². The third kappa shape index (κ3) is 2.12. The molecule has 8 atom stereocenters. The van der Waals surface area contributed by atoms with Crippen LogP contribution in [0.3, 0.4) is 0 Å². The van der Waals surface area contributed by atoms with Gasteiger partial charge in [-0.3, -0.25) is 4.79 Å². The summed E-state index contributed by atoms with van der Waals surface area (Å²) in [5, 5.41) is 11.2. The van der Waals surface area contributed by atoms with Crippen molar-refractivity contribution in [3.05, 3.63) is 0 Å². The molecule has 0 radical (unpaired) electrons. The Labute approximate surface area is 141 Å². The first kappa shape index (κ1) is 16.1. The van der Waals surface area contributed by atoms with Crippen LogP contribution in [-0.2, 0) is 4.79 Å². The van der Waals surface area contributed by atoms with Crippen LogP contribution in [0.25, 0.3) is 0 Å². The molecule has 0 saturated heterocycles. The molecule has 4 aliphatic rings. The first-order chi connectivity index (χ1) is 10.9. The van der Waals surface area contributed by atoms with Gasteiger partial charge in [0.1, 0.15) is 5.78 Å². The SMILES string of the molecule is CC(=O)C1CCC2C3CC[C@H]4CCCCC4(C)C3C(O)CC12C. The van der Waals surface area contributed by atoms with Gasteiger partial charge in [-0.25, -0.2) is 0 Å². The highest BCUT2D eigenvalue weighted by Gasteiger charge is 2.63. The molecule has 0 spiro atoms. The second-order valence-electron chi connectivity index (χ2n) is 9.84. The Hall–Kier alpha value is -0.370. The average Bonchev–Trinajstić information content (AvgIpc) is 2.82. The zero-order valence-corrected chi connectivity index (χ0v) is 15.2. The molecule has 0 aromatic carbocycles. The number of hydrogen-bond donors (Lipinski definition) is 1. The zero-order valence-electron chi connectivity index (χ0n) is 15.2. The number of ketones is 1. The van der Waals surface area contributed by atoms with Gasteiger partial charge in [-0.15, -0.1) is 0 Å². The van der Waals surface area contributed by atoms with Crippen LogP contribution in [0, 0.1) is 40.4 Å². The van der Waals surface area contributed by atoms with Crippen LogP contribution in [-0.4, -0.2) is 17.0 Å². The molecule has 2 nitrogen and oxygen atoms in total. The van der Waals surface area contributed by atoms with Gasteiger partial charge in [0.05, 0.1) is 6.10 Å². The van der Waals surface area contributed by atoms with E-state index < -0.39 is 0 Å². The Kier molecular flexibility index (Phi) is 3.72. The molecule has 0 amide bonds. The Morgan fingerprint density at radius 3 is 2.52 bits per heavy atom. The van der Waals surface area contributed by atoms with Gasteiger partial charge in [0.15, 0.2) is 0 Å². The van der Waals surface area contributed by atoms with Crippen LogP contribution in [0.4, 0.5) is 0 Å². The van der Waals surface area contributed by atoms with Crippen LogP contribution in [0.15, 0.2) is 0 Å². The number of Topliss-reactive ketones (excluding diaryl/α,β-unsaturated/α-hetero) is 1. The van der Waals surface area contributed by atoms with Crippen LogP contribution in [0.1, 0.15) is 78.6 Å². The van der Waals surface area contributed by atoms with E-state index >= 15 is 0 Å². The Morgan fingerprint density at radius 2 is 1.78 bits per heavy atom. The van der Waals surface area contributed by atoms with E-state index in [0.717, 1.165) is 18.8 Å². The molecule has 4 fully saturated rings. The quantitative estimate of drug-likeness (QED) is 0.767. The minimum atomic E-state index is -0.188. The molecule has 4 saturated carbocycles. The molecular formula is C21H34O2. The lowest BCUT2D eigenvalue weighted by Gasteiger charge is -2.62. The topological polar surface area (TPSA) is 37.3 Å². The minimum Gasteiger partial charge on any atom is -0.393 e. The molecule has 2 heteroatoms. The van der Waals surface area contributed by atoms with E-state index in [-0.39, 0.29) is 17.4 Å². The van der Waals surface area contributed by atoms with Crippen LogP contribution < -0.4 is 0 Å². The molecular weight excluding hydrogens is 284 g/mol. The summed E-state index contributed by atoms with van der Waals surface area (Å²) in [4.78, 5) is 12.2. The number of carbonyl (C=O) groups excluding carboxylic acids is 1. The Morgan fingerprint density at radius 1 is 1.00 bits per heavy atom. The molecule has 4 aliphatic carbocycles. The molecule has 7 unspecified atom stereocenters. The smallest absolute Gasteiger partial charge is 0.133 e. The molecule has 0 aliphatic heterocycles. The molecule has 0 bridgehead atoms. The Bertz CT molecular complexity index is 500. The van der Waals surface area contributed by atoms with Crippen molar-refractivity contribution in [2.75, 3.05) is 0 Å². The van der Waals surface area contributed by atoms with Gasteiger partial charge in [0.2, 0.25) is 0 Å². The monoisotopic (exact) mass is 318 g/mol. The summed E-state index contributed by atoms with van der Waals surface area (Å²) in [5.41, 5.74) is 0.417. The summed E-state index contributed by atoms with van der Waals surface area (Å²) in [5.74, 6) is 3.21. The zero-order chi connectivity index (χ0) is 16.4. The summed E-state index contributed by atoms with van der Waals surface area (Å²) < 4.78 is 0. The van der Waals surface area contributed by atoms with Crippen molar-refractivity contribution in [2.24, 2.45) is 40.4 Å². The first-order valence-electron chi connectivity index (χ1n) is 10.1. The van der Waals surface area contributed by atoms with Gasteiger partial charge in [0.25, 0.3) is 0 Å².